The summed E-state index contributed by atoms with van der Waals surface area (Å²) in [7, 11) is 0. The van der Waals surface area contributed by atoms with Crippen LogP contribution >= 0.6 is 0 Å². The van der Waals surface area contributed by atoms with Crippen molar-refractivity contribution >= 4 is 11.9 Å². The molecule has 0 amide bonds. The van der Waals surface area contributed by atoms with E-state index in [2.05, 4.69) is 37.5 Å². The molecule has 1 aromatic rings. The molecule has 0 aromatic heterocycles. The Morgan fingerprint density at radius 2 is 0.654 bits per heavy atom. The molecule has 1 rings (SSSR count). The first-order valence-electron chi connectivity index (χ1n) is 22.4. The van der Waals surface area contributed by atoms with E-state index in [-0.39, 0.29) is 11.9 Å². The maximum atomic E-state index is 13.2. The molecule has 0 saturated carbocycles. The lowest BCUT2D eigenvalue weighted by atomic mass is 10.1. The maximum Gasteiger partial charge on any atom is 0.339 e. The lowest BCUT2D eigenvalue weighted by Gasteiger charge is -2.22. The maximum absolute atomic E-state index is 13.2. The quantitative estimate of drug-likeness (QED) is 0.0384. The third-order valence-corrected chi connectivity index (χ3v) is 10.4. The van der Waals surface area contributed by atoms with Gasteiger partial charge < -0.3 is 9.47 Å². The average molecular weight is 729 g/mol. The molecule has 6 heteroatoms. The summed E-state index contributed by atoms with van der Waals surface area (Å²) in [5, 5.41) is 0. The molecule has 0 radical (unpaired) electrons. The van der Waals surface area contributed by atoms with Gasteiger partial charge in [0.25, 0.3) is 0 Å². The van der Waals surface area contributed by atoms with Crippen LogP contribution in [0.25, 0.3) is 0 Å². The van der Waals surface area contributed by atoms with Gasteiger partial charge in [-0.3, -0.25) is 9.80 Å². The Labute approximate surface area is 322 Å². The first-order chi connectivity index (χ1) is 25.5. The summed E-state index contributed by atoms with van der Waals surface area (Å²) in [5.74, 6) is -0.753. The van der Waals surface area contributed by atoms with Gasteiger partial charge in [-0.25, -0.2) is 9.59 Å². The molecule has 0 atom stereocenters. The number of carbonyl (C=O) groups is 2. The van der Waals surface area contributed by atoms with E-state index in [1.165, 1.54) is 154 Å². The topological polar surface area (TPSA) is 59.1 Å². The van der Waals surface area contributed by atoms with Crippen LogP contribution in [0.15, 0.2) is 24.3 Å². The van der Waals surface area contributed by atoms with Crippen LogP contribution in [0.2, 0.25) is 0 Å². The number of ether oxygens (including phenoxy) is 2. The highest BCUT2D eigenvalue weighted by Gasteiger charge is 2.16. The second-order valence-corrected chi connectivity index (χ2v) is 15.4. The molecule has 0 aliphatic rings. The van der Waals surface area contributed by atoms with Gasteiger partial charge in [-0.05, 0) is 43.9 Å². The second kappa shape index (κ2) is 36.1. The minimum absolute atomic E-state index is 0.297. The van der Waals surface area contributed by atoms with Crippen molar-refractivity contribution in [3.8, 4) is 0 Å². The Kier molecular flexibility index (Phi) is 33.4. The van der Waals surface area contributed by atoms with Crippen LogP contribution in [0.3, 0.4) is 0 Å². The zero-order chi connectivity index (χ0) is 37.7. The first kappa shape index (κ1) is 48.1. The van der Waals surface area contributed by atoms with Crippen LogP contribution in [0.1, 0.15) is 228 Å². The third kappa shape index (κ3) is 27.7. The van der Waals surface area contributed by atoms with Crippen molar-refractivity contribution in [1.29, 1.82) is 0 Å². The zero-order valence-corrected chi connectivity index (χ0v) is 34.9. The van der Waals surface area contributed by atoms with Gasteiger partial charge in [0.05, 0.1) is 11.1 Å². The molecule has 0 saturated heterocycles. The Bertz CT molecular complexity index is 847. The monoisotopic (exact) mass is 729 g/mol. The molecular formula is C46H84N2O4. The van der Waals surface area contributed by atoms with Crippen LogP contribution in [-0.2, 0) is 9.47 Å². The van der Waals surface area contributed by atoms with Gasteiger partial charge in [0.15, 0.2) is 0 Å². The highest BCUT2D eigenvalue weighted by molar-refractivity contribution is 5.95. The van der Waals surface area contributed by atoms with Crippen LogP contribution in [-0.4, -0.2) is 61.4 Å². The minimum Gasteiger partial charge on any atom is -0.446 e. The van der Waals surface area contributed by atoms with Crippen molar-refractivity contribution in [2.45, 2.75) is 207 Å². The SMILES string of the molecule is CCCCCCCCCN(CCCCCCCCC)COC(=O)c1cccc(C(=O)OCN(CCCCCCCCC)CCCCCCCCC)c1. The number of nitrogens with zero attached hydrogens (tertiary/aromatic N) is 2. The van der Waals surface area contributed by atoms with E-state index >= 15 is 0 Å². The second-order valence-electron chi connectivity index (χ2n) is 15.4. The summed E-state index contributed by atoms with van der Waals surface area (Å²) < 4.78 is 11.7. The van der Waals surface area contributed by atoms with E-state index < -0.39 is 0 Å². The normalized spacial score (nSPS) is 11.5. The van der Waals surface area contributed by atoms with E-state index in [9.17, 15) is 9.59 Å². The van der Waals surface area contributed by atoms with Crippen LogP contribution in [0.5, 0.6) is 0 Å². The van der Waals surface area contributed by atoms with E-state index in [1.54, 1.807) is 24.3 Å². The lowest BCUT2D eigenvalue weighted by molar-refractivity contribution is 0.0204. The third-order valence-electron chi connectivity index (χ3n) is 10.4. The van der Waals surface area contributed by atoms with E-state index in [1.807, 2.05) is 0 Å². The van der Waals surface area contributed by atoms with Gasteiger partial charge in [0.2, 0.25) is 0 Å². The molecule has 0 aliphatic heterocycles. The van der Waals surface area contributed by atoms with E-state index in [0.29, 0.717) is 24.6 Å². The number of rotatable bonds is 38. The highest BCUT2D eigenvalue weighted by Crippen LogP contribution is 2.14. The Hall–Kier alpha value is -1.92. The number of hydrogen-bond donors (Lipinski definition) is 0. The standard InChI is InChI=1S/C46H84N2O4/c1-5-9-13-17-21-25-29-36-47(37-30-26-22-18-14-10-6-2)41-51-45(49)43-34-33-35-44(40-43)46(50)52-42-48(38-31-27-23-19-15-11-7-3)39-32-28-24-20-16-12-8-4/h33-35,40H,5-32,36-39,41-42H2,1-4H3. The fraction of sp³-hybridized carbons (Fsp3) is 0.826. The molecule has 302 valence electrons. The molecular weight excluding hydrogens is 645 g/mol. The van der Waals surface area contributed by atoms with Crippen molar-refractivity contribution in [2.24, 2.45) is 0 Å². The Morgan fingerprint density at radius 3 is 0.923 bits per heavy atom. The van der Waals surface area contributed by atoms with Gasteiger partial charge >= 0.3 is 11.9 Å². The van der Waals surface area contributed by atoms with E-state index in [4.69, 9.17) is 9.47 Å². The van der Waals surface area contributed by atoms with Crippen LogP contribution in [0.4, 0.5) is 0 Å². The highest BCUT2D eigenvalue weighted by atomic mass is 16.5. The summed E-state index contributed by atoms with van der Waals surface area (Å²) in [4.78, 5) is 31.0. The zero-order valence-electron chi connectivity index (χ0n) is 34.9. The molecule has 0 fully saturated rings. The number of unbranched alkanes of at least 4 members (excludes halogenated alkanes) is 24. The number of esters is 2. The Balaban J connectivity index is 2.65. The molecule has 0 N–H and O–H groups in total. The van der Waals surface area contributed by atoms with Crippen LogP contribution in [0, 0.1) is 0 Å². The van der Waals surface area contributed by atoms with Crippen molar-refractivity contribution in [3.05, 3.63) is 35.4 Å². The number of carbonyl (C=O) groups excluding carboxylic acids is 2. The summed E-state index contributed by atoms with van der Waals surface area (Å²) in [5.41, 5.74) is 0.813. The molecule has 0 aliphatic carbocycles. The average Bonchev–Trinajstić information content (AvgIpc) is 3.16. The fourth-order valence-electron chi connectivity index (χ4n) is 6.89. The van der Waals surface area contributed by atoms with Gasteiger partial charge in [0.1, 0.15) is 13.5 Å². The summed E-state index contributed by atoms with van der Waals surface area (Å²) in [6.07, 6.45) is 35.6. The summed E-state index contributed by atoms with van der Waals surface area (Å²) >= 11 is 0. The van der Waals surface area contributed by atoms with Crippen molar-refractivity contribution in [1.82, 2.24) is 9.80 Å². The Morgan fingerprint density at radius 1 is 0.404 bits per heavy atom. The molecule has 6 nitrogen and oxygen atoms in total. The largest absolute Gasteiger partial charge is 0.446 e. The van der Waals surface area contributed by atoms with Gasteiger partial charge in [0, 0.05) is 26.2 Å². The molecule has 52 heavy (non-hydrogen) atoms. The first-order valence-corrected chi connectivity index (χ1v) is 22.4. The lowest BCUT2D eigenvalue weighted by Crippen LogP contribution is -2.30. The number of benzene rings is 1. The predicted octanol–water partition coefficient (Wildman–Crippen LogP) is 13.5. The van der Waals surface area contributed by atoms with Crippen molar-refractivity contribution in [3.63, 3.8) is 0 Å². The summed E-state index contributed by atoms with van der Waals surface area (Å²) in [6, 6.07) is 6.88. The van der Waals surface area contributed by atoms with Crippen molar-refractivity contribution in [2.75, 3.05) is 39.6 Å². The summed E-state index contributed by atoms with van der Waals surface area (Å²) in [6.45, 7) is 13.5. The van der Waals surface area contributed by atoms with Gasteiger partial charge in [-0.2, -0.15) is 0 Å². The minimum atomic E-state index is -0.377. The smallest absolute Gasteiger partial charge is 0.339 e. The molecule has 0 heterocycles. The van der Waals surface area contributed by atoms with Gasteiger partial charge in [-0.1, -0.05) is 188 Å². The van der Waals surface area contributed by atoms with E-state index in [0.717, 1.165) is 51.9 Å². The molecule has 0 spiro atoms. The van der Waals surface area contributed by atoms with Gasteiger partial charge in [-0.15, -0.1) is 0 Å². The predicted molar refractivity (Wildman–Crippen MR) is 222 cm³/mol. The fourth-order valence-corrected chi connectivity index (χ4v) is 6.89. The molecule has 0 unspecified atom stereocenters. The molecule has 1 aromatic carbocycles. The van der Waals surface area contributed by atoms with Crippen molar-refractivity contribution < 1.29 is 19.1 Å². The molecule has 0 bridgehead atoms. The number of hydrogen-bond acceptors (Lipinski definition) is 6. The van der Waals surface area contributed by atoms with Crippen LogP contribution < -0.4 is 0 Å².